The Labute approximate surface area is 103 Å². The van der Waals surface area contributed by atoms with Gasteiger partial charge in [-0.25, -0.2) is 0 Å². The summed E-state index contributed by atoms with van der Waals surface area (Å²) in [5.74, 6) is 1.01. The van der Waals surface area contributed by atoms with Crippen LogP contribution < -0.4 is 10.6 Å². The molecule has 3 fully saturated rings. The standard InChI is InChI=1S/C12H23N5/c1-2-4-14-12(13-3-1)15-9-11-10-16-5-7-17(11)8-6-16/h11H,1-10H2,(H2,13,14,15). The van der Waals surface area contributed by atoms with Gasteiger partial charge >= 0.3 is 0 Å². The predicted molar refractivity (Wildman–Crippen MR) is 69.3 cm³/mol. The topological polar surface area (TPSA) is 42.9 Å². The number of aliphatic imine (C=N–C) groups is 1. The number of hydrogen-bond donors (Lipinski definition) is 2. The van der Waals surface area contributed by atoms with Crippen molar-refractivity contribution in [3.8, 4) is 0 Å². The number of fused-ring (bicyclic) bond motifs is 3. The van der Waals surface area contributed by atoms with E-state index < -0.39 is 0 Å². The molecule has 2 N–H and O–H groups in total. The average molecular weight is 237 g/mol. The highest BCUT2D eigenvalue weighted by Crippen LogP contribution is 2.14. The maximum atomic E-state index is 4.53. The molecule has 5 nitrogen and oxygen atoms in total. The summed E-state index contributed by atoms with van der Waals surface area (Å²) < 4.78 is 0. The second-order valence-corrected chi connectivity index (χ2v) is 5.24. The van der Waals surface area contributed by atoms with Crippen LogP contribution in [0.2, 0.25) is 0 Å². The zero-order valence-electron chi connectivity index (χ0n) is 10.5. The number of nitrogens with zero attached hydrogens (tertiary/aromatic N) is 3. The fourth-order valence-corrected chi connectivity index (χ4v) is 2.94. The predicted octanol–water partition coefficient (Wildman–Crippen LogP) is -0.685. The molecule has 4 aliphatic heterocycles. The summed E-state index contributed by atoms with van der Waals surface area (Å²) in [6, 6.07) is 0.672. The molecule has 0 radical (unpaired) electrons. The van der Waals surface area contributed by atoms with Crippen molar-refractivity contribution >= 4 is 5.96 Å². The summed E-state index contributed by atoms with van der Waals surface area (Å²) in [6.07, 6.45) is 2.44. The molecule has 2 bridgehead atoms. The average Bonchev–Trinajstić information content (AvgIpc) is 2.66. The largest absolute Gasteiger partial charge is 0.356 e. The number of rotatable bonds is 2. The molecule has 17 heavy (non-hydrogen) atoms. The van der Waals surface area contributed by atoms with E-state index in [0.29, 0.717) is 6.04 Å². The van der Waals surface area contributed by atoms with Crippen LogP contribution in [0.5, 0.6) is 0 Å². The molecule has 4 rings (SSSR count). The first-order valence-corrected chi connectivity index (χ1v) is 6.90. The molecule has 0 spiro atoms. The number of guanidine groups is 1. The van der Waals surface area contributed by atoms with Crippen LogP contribution in [0, 0.1) is 0 Å². The van der Waals surface area contributed by atoms with Gasteiger partial charge in [-0.15, -0.1) is 0 Å². The maximum absolute atomic E-state index is 4.53. The molecule has 0 aliphatic carbocycles. The fourth-order valence-electron chi connectivity index (χ4n) is 2.94. The lowest BCUT2D eigenvalue weighted by atomic mass is 10.1. The van der Waals surface area contributed by atoms with Crippen molar-refractivity contribution in [1.29, 1.82) is 0 Å². The second-order valence-electron chi connectivity index (χ2n) is 5.24. The van der Waals surface area contributed by atoms with Crippen LogP contribution in [0.1, 0.15) is 12.8 Å². The van der Waals surface area contributed by atoms with Crippen molar-refractivity contribution in [2.24, 2.45) is 4.99 Å². The second kappa shape index (κ2) is 5.23. The van der Waals surface area contributed by atoms with Crippen molar-refractivity contribution < 1.29 is 0 Å². The Kier molecular flexibility index (Phi) is 3.47. The molecule has 4 heterocycles. The molecule has 0 amide bonds. The van der Waals surface area contributed by atoms with Gasteiger partial charge in [-0.3, -0.25) is 14.8 Å². The number of nitrogens with one attached hydrogen (secondary N) is 2. The van der Waals surface area contributed by atoms with E-state index in [1.807, 2.05) is 0 Å². The molecule has 0 aromatic rings. The molecule has 0 saturated carbocycles. The van der Waals surface area contributed by atoms with E-state index in [9.17, 15) is 0 Å². The highest BCUT2D eigenvalue weighted by molar-refractivity contribution is 5.79. The van der Waals surface area contributed by atoms with E-state index in [2.05, 4.69) is 25.4 Å². The Hall–Kier alpha value is -0.810. The molecule has 0 aromatic carbocycles. The van der Waals surface area contributed by atoms with E-state index in [1.54, 1.807) is 0 Å². The van der Waals surface area contributed by atoms with Gasteiger partial charge < -0.3 is 10.6 Å². The van der Waals surface area contributed by atoms with E-state index in [1.165, 1.54) is 45.6 Å². The van der Waals surface area contributed by atoms with Crippen LogP contribution in [0.15, 0.2) is 4.99 Å². The summed E-state index contributed by atoms with van der Waals surface area (Å²) in [7, 11) is 0. The summed E-state index contributed by atoms with van der Waals surface area (Å²) >= 11 is 0. The van der Waals surface area contributed by atoms with Crippen LogP contribution >= 0.6 is 0 Å². The Balaban J connectivity index is 1.49. The van der Waals surface area contributed by atoms with Crippen molar-refractivity contribution in [2.75, 3.05) is 52.4 Å². The normalized spacial score (nSPS) is 36.9. The van der Waals surface area contributed by atoms with Gasteiger partial charge in [-0.05, 0) is 12.8 Å². The van der Waals surface area contributed by atoms with E-state index >= 15 is 0 Å². The van der Waals surface area contributed by atoms with Gasteiger partial charge in [0, 0.05) is 58.4 Å². The third-order valence-electron chi connectivity index (χ3n) is 4.04. The highest BCUT2D eigenvalue weighted by atomic mass is 15.4. The van der Waals surface area contributed by atoms with Crippen molar-refractivity contribution in [1.82, 2.24) is 20.4 Å². The molecule has 96 valence electrons. The van der Waals surface area contributed by atoms with Crippen LogP contribution in [0.25, 0.3) is 0 Å². The molecule has 1 unspecified atom stereocenters. The summed E-state index contributed by atoms with van der Waals surface area (Å²) in [6.45, 7) is 9.29. The molecule has 3 saturated heterocycles. The van der Waals surface area contributed by atoms with E-state index in [4.69, 9.17) is 0 Å². The number of piperazine rings is 3. The lowest BCUT2D eigenvalue weighted by Crippen LogP contribution is -2.63. The lowest BCUT2D eigenvalue weighted by molar-refractivity contribution is 0.0154. The lowest BCUT2D eigenvalue weighted by Gasteiger charge is -2.47. The zero-order valence-corrected chi connectivity index (χ0v) is 10.5. The molecule has 4 aliphatic rings. The fraction of sp³-hybridized carbons (Fsp3) is 0.917. The minimum absolute atomic E-state index is 0.672. The highest BCUT2D eigenvalue weighted by Gasteiger charge is 2.31. The van der Waals surface area contributed by atoms with Gasteiger partial charge in [-0.2, -0.15) is 0 Å². The monoisotopic (exact) mass is 237 g/mol. The van der Waals surface area contributed by atoms with E-state index in [0.717, 1.165) is 25.6 Å². The minimum Gasteiger partial charge on any atom is -0.356 e. The Morgan fingerprint density at radius 3 is 2.88 bits per heavy atom. The zero-order chi connectivity index (χ0) is 11.5. The Bertz CT molecular complexity index is 283. The smallest absolute Gasteiger partial charge is 0.191 e. The molecule has 1 atom stereocenters. The van der Waals surface area contributed by atoms with Gasteiger partial charge in [0.1, 0.15) is 0 Å². The summed E-state index contributed by atoms with van der Waals surface area (Å²) in [4.78, 5) is 9.73. The molecule has 0 aromatic heterocycles. The van der Waals surface area contributed by atoms with Crippen LogP contribution in [0.4, 0.5) is 0 Å². The Morgan fingerprint density at radius 1 is 1.24 bits per heavy atom. The van der Waals surface area contributed by atoms with Crippen molar-refractivity contribution in [3.63, 3.8) is 0 Å². The van der Waals surface area contributed by atoms with Crippen LogP contribution in [-0.4, -0.2) is 74.2 Å². The number of hydrogen-bond acceptors (Lipinski definition) is 5. The molecular weight excluding hydrogens is 214 g/mol. The van der Waals surface area contributed by atoms with Crippen molar-refractivity contribution in [2.45, 2.75) is 18.9 Å². The van der Waals surface area contributed by atoms with Crippen LogP contribution in [0.3, 0.4) is 0 Å². The SMILES string of the molecule is C1CCNC(NCC2CN3CCN2CC3)=NC1. The van der Waals surface area contributed by atoms with Gasteiger partial charge in [0.2, 0.25) is 0 Å². The minimum atomic E-state index is 0.672. The van der Waals surface area contributed by atoms with Gasteiger partial charge in [-0.1, -0.05) is 0 Å². The molecule has 5 heteroatoms. The summed E-state index contributed by atoms with van der Waals surface area (Å²) in [5.41, 5.74) is 0. The quantitative estimate of drug-likeness (QED) is 0.667. The van der Waals surface area contributed by atoms with Gasteiger partial charge in [0.25, 0.3) is 0 Å². The molecular formula is C12H23N5. The maximum Gasteiger partial charge on any atom is 0.191 e. The van der Waals surface area contributed by atoms with Crippen LogP contribution in [-0.2, 0) is 0 Å². The van der Waals surface area contributed by atoms with Crippen molar-refractivity contribution in [3.05, 3.63) is 0 Å². The first kappa shape index (κ1) is 11.3. The Morgan fingerprint density at radius 2 is 2.12 bits per heavy atom. The van der Waals surface area contributed by atoms with Gasteiger partial charge in [0.05, 0.1) is 0 Å². The van der Waals surface area contributed by atoms with E-state index in [-0.39, 0.29) is 0 Å². The summed E-state index contributed by atoms with van der Waals surface area (Å²) in [5, 5.41) is 6.86. The third-order valence-corrected chi connectivity index (χ3v) is 4.04. The third kappa shape index (κ3) is 2.72. The first-order valence-electron chi connectivity index (χ1n) is 6.90. The first-order chi connectivity index (χ1) is 8.42. The van der Waals surface area contributed by atoms with Gasteiger partial charge in [0.15, 0.2) is 5.96 Å².